The van der Waals surface area contributed by atoms with Crippen LogP contribution in [0.3, 0.4) is 0 Å². The monoisotopic (exact) mass is 437 g/mol. The summed E-state index contributed by atoms with van der Waals surface area (Å²) < 4.78 is 30.1. The van der Waals surface area contributed by atoms with Gasteiger partial charge in [0.05, 0.1) is 11.2 Å². The first kappa shape index (κ1) is 21.8. The molecule has 4 rings (SSSR count). The third kappa shape index (κ3) is 4.75. The Labute approximate surface area is 185 Å². The Balaban J connectivity index is 1.44. The van der Waals surface area contributed by atoms with Gasteiger partial charge in [0.15, 0.2) is 0 Å². The van der Waals surface area contributed by atoms with Crippen molar-refractivity contribution in [1.82, 2.24) is 13.9 Å². The van der Waals surface area contributed by atoms with Gasteiger partial charge in [-0.2, -0.15) is 4.31 Å². The standard InChI is InChI=1S/C25H31N3O2S/c1-25(2,3)22-9-11-23(12-10-22)31(29,30)28-15-13-21(14-16-28)24-17-26-19-27(24)18-20-7-5-4-6-8-20/h4-12,17,19,21H,13-16,18H2,1-3H3. The number of nitrogens with zero attached hydrogens (tertiary/aromatic N) is 3. The van der Waals surface area contributed by atoms with E-state index in [0.29, 0.717) is 23.9 Å². The maximum Gasteiger partial charge on any atom is 0.243 e. The number of sulfonamides is 1. The fraction of sp³-hybridized carbons (Fsp3) is 0.400. The summed E-state index contributed by atoms with van der Waals surface area (Å²) in [5.74, 6) is 0.320. The topological polar surface area (TPSA) is 55.2 Å². The fourth-order valence-electron chi connectivity index (χ4n) is 4.25. The van der Waals surface area contributed by atoms with Gasteiger partial charge in [-0.3, -0.25) is 0 Å². The van der Waals surface area contributed by atoms with E-state index in [4.69, 9.17) is 0 Å². The van der Waals surface area contributed by atoms with Gasteiger partial charge in [-0.1, -0.05) is 63.2 Å². The van der Waals surface area contributed by atoms with Gasteiger partial charge in [-0.15, -0.1) is 0 Å². The second-order valence-corrected chi connectivity index (χ2v) is 11.3. The van der Waals surface area contributed by atoms with Crippen LogP contribution < -0.4 is 0 Å². The smallest absolute Gasteiger partial charge is 0.243 e. The molecule has 0 N–H and O–H groups in total. The summed E-state index contributed by atoms with van der Waals surface area (Å²) in [5.41, 5.74) is 3.57. The van der Waals surface area contributed by atoms with Gasteiger partial charge in [-0.05, 0) is 41.5 Å². The minimum Gasteiger partial charge on any atom is -0.330 e. The van der Waals surface area contributed by atoms with Crippen LogP contribution in [0, 0.1) is 0 Å². The van der Waals surface area contributed by atoms with Gasteiger partial charge in [0, 0.05) is 37.4 Å². The molecule has 5 nitrogen and oxygen atoms in total. The summed E-state index contributed by atoms with van der Waals surface area (Å²) in [6.07, 6.45) is 5.42. The molecule has 1 saturated heterocycles. The predicted octanol–water partition coefficient (Wildman–Crippen LogP) is 4.80. The predicted molar refractivity (Wildman–Crippen MR) is 124 cm³/mol. The Kier molecular flexibility index (Phi) is 6.04. The molecule has 164 valence electrons. The zero-order valence-corrected chi connectivity index (χ0v) is 19.3. The maximum atomic E-state index is 13.2. The summed E-state index contributed by atoms with van der Waals surface area (Å²) >= 11 is 0. The van der Waals surface area contributed by atoms with Crippen LogP contribution in [-0.4, -0.2) is 35.4 Å². The molecule has 0 radical (unpaired) electrons. The van der Waals surface area contributed by atoms with Crippen molar-refractivity contribution in [3.8, 4) is 0 Å². The molecular formula is C25H31N3O2S. The molecule has 0 saturated carbocycles. The van der Waals surface area contributed by atoms with Crippen molar-refractivity contribution in [3.63, 3.8) is 0 Å². The van der Waals surface area contributed by atoms with Gasteiger partial charge >= 0.3 is 0 Å². The minimum atomic E-state index is -3.46. The van der Waals surface area contributed by atoms with Crippen LogP contribution in [0.5, 0.6) is 0 Å². The summed E-state index contributed by atoms with van der Waals surface area (Å²) in [4.78, 5) is 4.75. The van der Waals surface area contributed by atoms with Crippen LogP contribution in [0.2, 0.25) is 0 Å². The molecule has 6 heteroatoms. The molecule has 0 aliphatic carbocycles. The van der Waals surface area contributed by atoms with Crippen molar-refractivity contribution in [2.45, 2.75) is 56.4 Å². The molecule has 2 heterocycles. The number of piperidine rings is 1. The normalized spacial score (nSPS) is 16.5. The quantitative estimate of drug-likeness (QED) is 0.576. The van der Waals surface area contributed by atoms with Crippen LogP contribution in [0.4, 0.5) is 0 Å². The van der Waals surface area contributed by atoms with Crippen molar-refractivity contribution in [2.75, 3.05) is 13.1 Å². The Hall–Kier alpha value is -2.44. The molecule has 0 spiro atoms. The number of imidazole rings is 1. The fourth-order valence-corrected chi connectivity index (χ4v) is 5.72. The van der Waals surface area contributed by atoms with Crippen molar-refractivity contribution < 1.29 is 8.42 Å². The van der Waals surface area contributed by atoms with Crippen LogP contribution in [0.25, 0.3) is 0 Å². The Morgan fingerprint density at radius 3 is 2.23 bits per heavy atom. The molecule has 0 unspecified atom stereocenters. The number of hydrogen-bond acceptors (Lipinski definition) is 3. The minimum absolute atomic E-state index is 0.00331. The van der Waals surface area contributed by atoms with Gasteiger partial charge in [-0.25, -0.2) is 13.4 Å². The van der Waals surface area contributed by atoms with E-state index in [1.165, 1.54) is 11.3 Å². The van der Waals surface area contributed by atoms with Gasteiger partial charge in [0.2, 0.25) is 10.0 Å². The van der Waals surface area contributed by atoms with Crippen molar-refractivity contribution in [2.24, 2.45) is 0 Å². The van der Waals surface area contributed by atoms with E-state index in [9.17, 15) is 8.42 Å². The van der Waals surface area contributed by atoms with Crippen LogP contribution >= 0.6 is 0 Å². The Morgan fingerprint density at radius 1 is 0.968 bits per heavy atom. The number of hydrogen-bond donors (Lipinski definition) is 0. The number of rotatable bonds is 5. The second kappa shape index (κ2) is 8.60. The van der Waals surface area contributed by atoms with E-state index < -0.39 is 10.0 Å². The molecule has 1 aliphatic heterocycles. The molecular weight excluding hydrogens is 406 g/mol. The highest BCUT2D eigenvalue weighted by molar-refractivity contribution is 7.89. The second-order valence-electron chi connectivity index (χ2n) is 9.38. The summed E-state index contributed by atoms with van der Waals surface area (Å²) in [6, 6.07) is 17.7. The molecule has 2 aromatic carbocycles. The molecule has 1 aromatic heterocycles. The highest BCUT2D eigenvalue weighted by Gasteiger charge is 2.31. The average Bonchev–Trinajstić information content (AvgIpc) is 3.22. The Morgan fingerprint density at radius 2 is 1.61 bits per heavy atom. The van der Waals surface area contributed by atoms with Crippen LogP contribution in [0.15, 0.2) is 72.0 Å². The molecule has 0 bridgehead atoms. The van der Waals surface area contributed by atoms with Crippen molar-refractivity contribution >= 4 is 10.0 Å². The van der Waals surface area contributed by atoms with E-state index in [0.717, 1.165) is 24.9 Å². The number of aromatic nitrogens is 2. The zero-order chi connectivity index (χ0) is 22.1. The lowest BCUT2D eigenvalue weighted by Gasteiger charge is -2.31. The maximum absolute atomic E-state index is 13.2. The molecule has 3 aromatic rings. The lowest BCUT2D eigenvalue weighted by Crippen LogP contribution is -2.38. The molecule has 0 atom stereocenters. The molecule has 1 aliphatic rings. The third-order valence-corrected chi connectivity index (χ3v) is 8.08. The Bertz CT molecular complexity index is 1110. The highest BCUT2D eigenvalue weighted by Crippen LogP contribution is 2.31. The van der Waals surface area contributed by atoms with E-state index in [2.05, 4.69) is 42.5 Å². The molecule has 31 heavy (non-hydrogen) atoms. The largest absolute Gasteiger partial charge is 0.330 e. The third-order valence-electron chi connectivity index (χ3n) is 6.17. The lowest BCUT2D eigenvalue weighted by atomic mass is 9.87. The molecule has 1 fully saturated rings. The summed E-state index contributed by atoms with van der Waals surface area (Å²) in [5, 5.41) is 0. The SMILES string of the molecule is CC(C)(C)c1ccc(S(=O)(=O)N2CCC(c3cncn3Cc3ccccc3)CC2)cc1. The molecule has 0 amide bonds. The summed E-state index contributed by atoms with van der Waals surface area (Å²) in [7, 11) is -3.46. The van der Waals surface area contributed by atoms with E-state index in [1.54, 1.807) is 16.4 Å². The van der Waals surface area contributed by atoms with Gasteiger partial charge in [0.25, 0.3) is 0 Å². The van der Waals surface area contributed by atoms with Crippen LogP contribution in [0.1, 0.15) is 56.4 Å². The first-order valence-electron chi connectivity index (χ1n) is 10.9. The number of benzene rings is 2. The van der Waals surface area contributed by atoms with Crippen LogP contribution in [-0.2, 0) is 22.0 Å². The highest BCUT2D eigenvalue weighted by atomic mass is 32.2. The lowest BCUT2D eigenvalue weighted by molar-refractivity contribution is 0.313. The average molecular weight is 438 g/mol. The van der Waals surface area contributed by atoms with E-state index in [1.807, 2.05) is 42.9 Å². The van der Waals surface area contributed by atoms with Gasteiger partial charge in [0.1, 0.15) is 0 Å². The summed E-state index contributed by atoms with van der Waals surface area (Å²) in [6.45, 7) is 8.24. The van der Waals surface area contributed by atoms with Crippen molar-refractivity contribution in [3.05, 3.63) is 83.9 Å². The van der Waals surface area contributed by atoms with E-state index >= 15 is 0 Å². The zero-order valence-electron chi connectivity index (χ0n) is 18.5. The van der Waals surface area contributed by atoms with E-state index in [-0.39, 0.29) is 5.41 Å². The first-order valence-corrected chi connectivity index (χ1v) is 12.3. The van der Waals surface area contributed by atoms with Crippen molar-refractivity contribution in [1.29, 1.82) is 0 Å². The first-order chi connectivity index (χ1) is 14.7. The van der Waals surface area contributed by atoms with Gasteiger partial charge < -0.3 is 4.57 Å².